The predicted molar refractivity (Wildman–Crippen MR) is 103 cm³/mol. The molecule has 0 saturated heterocycles. The fourth-order valence-electron chi connectivity index (χ4n) is 3.13. The Balaban J connectivity index is 2.11. The molecule has 23 heavy (non-hydrogen) atoms. The zero-order valence-corrected chi connectivity index (χ0v) is 16.0. The van der Waals surface area contributed by atoms with E-state index in [9.17, 15) is 0 Å². The van der Waals surface area contributed by atoms with Crippen molar-refractivity contribution in [3.63, 3.8) is 0 Å². The number of hydrogen-bond donors (Lipinski definition) is 1. The second kappa shape index (κ2) is 7.12. The van der Waals surface area contributed by atoms with Crippen molar-refractivity contribution in [2.45, 2.75) is 24.8 Å². The molecule has 0 saturated carbocycles. The van der Waals surface area contributed by atoms with Gasteiger partial charge in [0.15, 0.2) is 0 Å². The van der Waals surface area contributed by atoms with E-state index in [-0.39, 0.29) is 0 Å². The lowest BCUT2D eigenvalue weighted by Crippen LogP contribution is -2.51. The summed E-state index contributed by atoms with van der Waals surface area (Å²) in [7, 11) is 0. The number of quaternary nitrogens is 1. The van der Waals surface area contributed by atoms with Crippen LogP contribution in [0, 0.1) is 6.92 Å². The summed E-state index contributed by atoms with van der Waals surface area (Å²) in [6.45, 7) is 4.08. The Morgan fingerprint density at radius 2 is 1.87 bits per heavy atom. The third-order valence-electron chi connectivity index (χ3n) is 4.34. The highest BCUT2D eigenvalue weighted by Crippen LogP contribution is 2.30. The van der Waals surface area contributed by atoms with E-state index in [1.807, 2.05) is 0 Å². The Labute approximate surface area is 150 Å². The Morgan fingerprint density at radius 3 is 2.52 bits per heavy atom. The number of aromatic nitrogens is 1. The molecule has 3 N–H and O–H groups in total. The van der Waals surface area contributed by atoms with Crippen LogP contribution >= 0.6 is 27.7 Å². The van der Waals surface area contributed by atoms with Gasteiger partial charge in [-0.05, 0) is 54.6 Å². The average molecular weight is 390 g/mol. The number of fused-ring (bicyclic) bond motifs is 1. The van der Waals surface area contributed by atoms with E-state index in [1.54, 1.807) is 11.8 Å². The first-order valence-electron chi connectivity index (χ1n) is 7.83. The van der Waals surface area contributed by atoms with E-state index in [4.69, 9.17) is 0 Å². The maximum Gasteiger partial charge on any atom is 0.0781 e. The van der Waals surface area contributed by atoms with Crippen LogP contribution in [0.4, 0.5) is 0 Å². The fraction of sp³-hybridized carbons (Fsp3) is 0.263. The molecule has 4 heteroatoms. The molecule has 0 aliphatic carbocycles. The van der Waals surface area contributed by atoms with Crippen LogP contribution in [-0.4, -0.2) is 17.4 Å². The molecule has 0 fully saturated rings. The summed E-state index contributed by atoms with van der Waals surface area (Å²) in [5.41, 5.74) is 9.52. The van der Waals surface area contributed by atoms with E-state index in [0.29, 0.717) is 0 Å². The fourth-order valence-corrected chi connectivity index (χ4v) is 3.83. The van der Waals surface area contributed by atoms with E-state index in [1.165, 1.54) is 32.6 Å². The molecular formula is C19H22BrN2S+. The second-order valence-electron chi connectivity index (χ2n) is 5.76. The quantitative estimate of drug-likeness (QED) is 0.649. The van der Waals surface area contributed by atoms with Crippen molar-refractivity contribution in [2.75, 3.05) is 12.8 Å². The highest BCUT2D eigenvalue weighted by atomic mass is 79.9. The molecular weight excluding hydrogens is 368 g/mol. The summed E-state index contributed by atoms with van der Waals surface area (Å²) in [6, 6.07) is 15.4. The molecule has 2 nitrogen and oxygen atoms in total. The van der Waals surface area contributed by atoms with Crippen molar-refractivity contribution in [1.29, 1.82) is 0 Å². The molecule has 1 heterocycles. The Hall–Kier alpha value is -1.23. The first-order chi connectivity index (χ1) is 11.1. The highest BCUT2D eigenvalue weighted by Gasteiger charge is 2.14. The lowest BCUT2D eigenvalue weighted by Gasteiger charge is -2.09. The van der Waals surface area contributed by atoms with Crippen molar-refractivity contribution < 1.29 is 5.73 Å². The van der Waals surface area contributed by atoms with Gasteiger partial charge in [-0.2, -0.15) is 0 Å². The number of hydrogen-bond acceptors (Lipinski definition) is 1. The molecule has 120 valence electrons. The summed E-state index contributed by atoms with van der Waals surface area (Å²) in [5, 5.41) is 1.38. The molecule has 0 atom stereocenters. The van der Waals surface area contributed by atoms with Gasteiger partial charge in [-0.15, -0.1) is 11.8 Å². The molecule has 0 radical (unpaired) electrons. The largest absolute Gasteiger partial charge is 0.357 e. The summed E-state index contributed by atoms with van der Waals surface area (Å²) in [5.74, 6) is 0. The van der Waals surface area contributed by atoms with Gasteiger partial charge in [-0.25, -0.2) is 0 Å². The maximum atomic E-state index is 4.05. The van der Waals surface area contributed by atoms with Gasteiger partial charge in [0.1, 0.15) is 0 Å². The van der Waals surface area contributed by atoms with Gasteiger partial charge in [0.05, 0.1) is 6.54 Å². The molecule has 2 aromatic carbocycles. The third kappa shape index (κ3) is 3.35. The number of nitrogens with zero attached hydrogens (tertiary/aromatic N) is 1. The van der Waals surface area contributed by atoms with Crippen molar-refractivity contribution in [1.82, 2.24) is 4.57 Å². The average Bonchev–Trinajstić information content (AvgIpc) is 2.82. The number of benzene rings is 2. The summed E-state index contributed by atoms with van der Waals surface area (Å²) in [4.78, 5) is 1.32. The van der Waals surface area contributed by atoms with Crippen LogP contribution in [0.2, 0.25) is 0 Å². The zero-order chi connectivity index (χ0) is 16.4. The molecule has 0 amide bonds. The molecule has 0 aliphatic heterocycles. The third-order valence-corrected chi connectivity index (χ3v) is 5.60. The smallest absolute Gasteiger partial charge is 0.0781 e. The van der Waals surface area contributed by atoms with Crippen molar-refractivity contribution in [3.05, 3.63) is 63.8 Å². The topological polar surface area (TPSA) is 32.6 Å². The minimum absolute atomic E-state index is 0.908. The van der Waals surface area contributed by atoms with Crippen LogP contribution in [0.25, 0.3) is 10.9 Å². The zero-order valence-electron chi connectivity index (χ0n) is 13.6. The van der Waals surface area contributed by atoms with Crippen LogP contribution in [0.5, 0.6) is 0 Å². The molecule has 0 aliphatic rings. The predicted octanol–water partition coefficient (Wildman–Crippen LogP) is 4.27. The van der Waals surface area contributed by atoms with Crippen LogP contribution in [-0.2, 0) is 13.0 Å². The van der Waals surface area contributed by atoms with Crippen LogP contribution in [0.15, 0.2) is 51.8 Å². The van der Waals surface area contributed by atoms with E-state index < -0.39 is 0 Å². The van der Waals surface area contributed by atoms with Gasteiger partial charge in [0.25, 0.3) is 0 Å². The first kappa shape index (κ1) is 16.6. The number of rotatable bonds is 5. The van der Waals surface area contributed by atoms with Gasteiger partial charge < -0.3 is 10.3 Å². The second-order valence-corrected chi connectivity index (χ2v) is 7.56. The van der Waals surface area contributed by atoms with Crippen LogP contribution in [0.3, 0.4) is 0 Å². The summed E-state index contributed by atoms with van der Waals surface area (Å²) in [6.07, 6.45) is 3.17. The molecule has 0 unspecified atom stereocenters. The molecule has 3 aromatic rings. The number of thioether (sulfide) groups is 1. The van der Waals surface area contributed by atoms with E-state index in [0.717, 1.165) is 24.0 Å². The van der Waals surface area contributed by atoms with Gasteiger partial charge in [0, 0.05) is 38.9 Å². The normalized spacial score (nSPS) is 11.3. The minimum Gasteiger partial charge on any atom is -0.357 e. The standard InChI is InChI=1S/C19H21BrN2S/c1-13-17(9-10-21)18-11-16(23-2)7-8-19(18)22(13)12-14-3-5-15(20)6-4-14/h3-8,11H,9-10,12,21H2,1-2H3/p+1. The van der Waals surface area contributed by atoms with Crippen molar-refractivity contribution in [3.8, 4) is 0 Å². The molecule has 1 aromatic heterocycles. The Morgan fingerprint density at radius 1 is 1.13 bits per heavy atom. The SMILES string of the molecule is CSc1ccc2c(c1)c(CC[NH3+])c(C)n2Cc1ccc(Br)cc1. The number of halogens is 1. The van der Waals surface area contributed by atoms with Crippen molar-refractivity contribution in [2.24, 2.45) is 0 Å². The molecule has 0 spiro atoms. The highest BCUT2D eigenvalue weighted by molar-refractivity contribution is 9.10. The maximum absolute atomic E-state index is 4.05. The summed E-state index contributed by atoms with van der Waals surface area (Å²) >= 11 is 5.31. The monoisotopic (exact) mass is 389 g/mol. The van der Waals surface area contributed by atoms with Gasteiger partial charge in [-0.3, -0.25) is 0 Å². The van der Waals surface area contributed by atoms with Crippen LogP contribution in [0.1, 0.15) is 16.8 Å². The van der Waals surface area contributed by atoms with Crippen LogP contribution < -0.4 is 5.73 Å². The first-order valence-corrected chi connectivity index (χ1v) is 9.85. The van der Waals surface area contributed by atoms with Crippen molar-refractivity contribution >= 4 is 38.6 Å². The van der Waals surface area contributed by atoms with Gasteiger partial charge >= 0.3 is 0 Å². The van der Waals surface area contributed by atoms with Gasteiger partial charge in [-0.1, -0.05) is 28.1 Å². The van der Waals surface area contributed by atoms with E-state index >= 15 is 0 Å². The Bertz CT molecular complexity index is 821. The molecule has 0 bridgehead atoms. The van der Waals surface area contributed by atoms with E-state index in [2.05, 4.69) is 81.9 Å². The lowest BCUT2D eigenvalue weighted by molar-refractivity contribution is -0.366. The summed E-state index contributed by atoms with van der Waals surface area (Å²) < 4.78 is 3.56. The molecule has 3 rings (SSSR count). The minimum atomic E-state index is 0.908. The lowest BCUT2D eigenvalue weighted by atomic mass is 10.1. The Kier molecular flexibility index (Phi) is 5.14. The van der Waals surface area contributed by atoms with Gasteiger partial charge in [0.2, 0.25) is 0 Å².